The molecule has 0 fully saturated rings. The fourth-order valence-corrected chi connectivity index (χ4v) is 7.61. The van der Waals surface area contributed by atoms with Gasteiger partial charge >= 0.3 is 0 Å². The fourth-order valence-electron chi connectivity index (χ4n) is 3.76. The minimum absolute atomic E-state index is 0.0878. The smallest absolute Gasteiger partial charge is 0.250 e. The van der Waals surface area contributed by atoms with E-state index in [4.69, 9.17) is 13.3 Å². The van der Waals surface area contributed by atoms with Crippen LogP contribution < -0.4 is 4.43 Å². The molecule has 0 heterocycles. The van der Waals surface area contributed by atoms with E-state index in [9.17, 15) is 4.79 Å². The van der Waals surface area contributed by atoms with Crippen molar-refractivity contribution in [1.82, 2.24) is 0 Å². The molecule has 1 aromatic rings. The number of ketones is 1. The topological polar surface area (TPSA) is 44.8 Å². The molecule has 0 radical (unpaired) electrons. The minimum Gasteiger partial charge on any atom is -0.544 e. The van der Waals surface area contributed by atoms with E-state index < -0.39 is 25.0 Å². The van der Waals surface area contributed by atoms with E-state index in [2.05, 4.69) is 133 Å². The number of carbonyl (C=O) groups excluding carboxylic acids is 1. The van der Waals surface area contributed by atoms with Gasteiger partial charge < -0.3 is 13.3 Å². The predicted octanol–water partition coefficient (Wildman–Crippen LogP) is 10.5. The molecule has 0 N–H and O–H groups in total. The van der Waals surface area contributed by atoms with E-state index >= 15 is 0 Å². The van der Waals surface area contributed by atoms with Crippen LogP contribution in [0.4, 0.5) is 0 Å². The summed E-state index contributed by atoms with van der Waals surface area (Å²) in [5.41, 5.74) is 1.17. The summed E-state index contributed by atoms with van der Waals surface area (Å²) in [7, 11) is -5.83. The predicted molar refractivity (Wildman–Crippen MR) is 181 cm³/mol. The first kappa shape index (κ1) is 37.3. The van der Waals surface area contributed by atoms with Gasteiger partial charge in [-0.25, -0.2) is 0 Å². The average Bonchev–Trinajstić information content (AvgIpc) is 2.75. The van der Waals surface area contributed by atoms with Crippen molar-refractivity contribution in [3.63, 3.8) is 0 Å². The summed E-state index contributed by atoms with van der Waals surface area (Å²) < 4.78 is 20.1. The molecule has 0 bridgehead atoms. The summed E-state index contributed by atoms with van der Waals surface area (Å²) >= 11 is 0. The summed E-state index contributed by atoms with van der Waals surface area (Å²) in [5, 5.41) is 0.398. The Morgan fingerprint density at radius 2 is 1.12 bits per heavy atom. The Labute approximate surface area is 251 Å². The number of hydrogen-bond donors (Lipinski definition) is 0. The molecule has 7 heteroatoms. The van der Waals surface area contributed by atoms with Gasteiger partial charge in [0, 0.05) is 18.9 Å². The number of carbonyl (C=O) groups is 1. The van der Waals surface area contributed by atoms with Gasteiger partial charge in [0.1, 0.15) is 11.5 Å². The van der Waals surface area contributed by atoms with Crippen LogP contribution in [0.2, 0.25) is 54.4 Å². The van der Waals surface area contributed by atoms with Crippen LogP contribution in [-0.4, -0.2) is 42.9 Å². The van der Waals surface area contributed by atoms with Crippen LogP contribution in [0.3, 0.4) is 0 Å². The Morgan fingerprint density at radius 3 is 1.52 bits per heavy atom. The van der Waals surface area contributed by atoms with Crippen LogP contribution in [0, 0.1) is 0 Å². The van der Waals surface area contributed by atoms with Crippen molar-refractivity contribution in [3.05, 3.63) is 29.8 Å². The van der Waals surface area contributed by atoms with Gasteiger partial charge in [0.15, 0.2) is 16.6 Å². The first-order chi connectivity index (χ1) is 17.8. The molecule has 2 atom stereocenters. The summed E-state index contributed by atoms with van der Waals surface area (Å²) in [6.45, 7) is 36.3. The van der Waals surface area contributed by atoms with Crippen molar-refractivity contribution in [1.29, 1.82) is 0 Å². The van der Waals surface area contributed by atoms with E-state index in [0.717, 1.165) is 25.0 Å². The zero-order valence-corrected chi connectivity index (χ0v) is 32.1. The summed E-state index contributed by atoms with van der Waals surface area (Å²) in [4.78, 5) is 13.3. The molecule has 1 rings (SSSR count). The van der Waals surface area contributed by atoms with Crippen LogP contribution in [0.1, 0.15) is 100 Å². The maximum absolute atomic E-state index is 13.3. The van der Waals surface area contributed by atoms with Crippen LogP contribution >= 0.6 is 0 Å². The summed E-state index contributed by atoms with van der Waals surface area (Å²) in [6, 6.07) is 8.35. The SMILES string of the molecule is CC[C@H](CC(CC(=O)CCc1ccc(O[Si](C)(C)C(C)(C)C)cc1)O[Si](C)(C)C(C)(C)C)O[Si](C)(C)C(C)(C)C. The molecule has 0 saturated heterocycles. The number of benzene rings is 1. The number of rotatable bonds is 14. The zero-order chi connectivity index (χ0) is 31.4. The molecule has 0 aliphatic rings. The lowest BCUT2D eigenvalue weighted by molar-refractivity contribution is -0.121. The second kappa shape index (κ2) is 13.7. The van der Waals surface area contributed by atoms with Gasteiger partial charge in [0.2, 0.25) is 8.32 Å². The van der Waals surface area contributed by atoms with Crippen molar-refractivity contribution in [3.8, 4) is 5.75 Å². The number of hydrogen-bond acceptors (Lipinski definition) is 4. The van der Waals surface area contributed by atoms with Gasteiger partial charge in [-0.15, -0.1) is 0 Å². The van der Waals surface area contributed by atoms with Gasteiger partial charge in [0.05, 0.1) is 6.10 Å². The standard InChI is InChI=1S/C33H64O4Si3/c1-17-28(35-38(11,12)31(2,3)4)25-30(37-40(15,16)33(8,9)10)24-27(34)21-18-26-19-22-29(23-20-26)36-39(13,14)32(5,6)7/h19-20,22-23,28,30H,17-18,21,24-25H2,1-16H3/t28-,30?/m1/s1. The Balaban J connectivity index is 2.95. The number of Topliss-reactive ketones (excluding diaryl/α,β-unsaturated/α-hetero) is 1. The van der Waals surface area contributed by atoms with Crippen molar-refractivity contribution < 1.29 is 18.1 Å². The lowest BCUT2D eigenvalue weighted by atomic mass is 10.0. The van der Waals surface area contributed by atoms with Gasteiger partial charge in [0.25, 0.3) is 0 Å². The molecule has 4 nitrogen and oxygen atoms in total. The Bertz CT molecular complexity index is 932. The first-order valence-electron chi connectivity index (χ1n) is 15.5. The molecule has 1 aromatic carbocycles. The lowest BCUT2D eigenvalue weighted by Crippen LogP contribution is -2.47. The average molecular weight is 609 g/mol. The maximum atomic E-state index is 13.3. The highest BCUT2D eigenvalue weighted by Gasteiger charge is 2.42. The molecule has 0 aromatic heterocycles. The van der Waals surface area contributed by atoms with Crippen LogP contribution in [0.25, 0.3) is 0 Å². The molecule has 0 spiro atoms. The van der Waals surface area contributed by atoms with Crippen molar-refractivity contribution in [2.45, 2.75) is 168 Å². The maximum Gasteiger partial charge on any atom is 0.250 e. The quantitative estimate of drug-likeness (QED) is 0.197. The second-order valence-electron chi connectivity index (χ2n) is 16.4. The third-order valence-electron chi connectivity index (χ3n) is 9.77. The van der Waals surface area contributed by atoms with E-state index in [1.165, 1.54) is 5.56 Å². The van der Waals surface area contributed by atoms with E-state index in [0.29, 0.717) is 12.8 Å². The zero-order valence-electron chi connectivity index (χ0n) is 29.1. The third kappa shape index (κ3) is 11.2. The third-order valence-corrected chi connectivity index (χ3v) is 23.2. The Kier molecular flexibility index (Phi) is 12.8. The fraction of sp³-hybridized carbons (Fsp3) is 0.788. The highest BCUT2D eigenvalue weighted by molar-refractivity contribution is 6.75. The van der Waals surface area contributed by atoms with Gasteiger partial charge in [-0.2, -0.15) is 0 Å². The van der Waals surface area contributed by atoms with Gasteiger partial charge in [-0.05, 0) is 91.4 Å². The molecule has 0 saturated carbocycles. The van der Waals surface area contributed by atoms with Crippen molar-refractivity contribution >= 4 is 30.7 Å². The first-order valence-corrected chi connectivity index (χ1v) is 24.2. The normalized spacial score (nSPS) is 15.6. The van der Waals surface area contributed by atoms with Crippen LogP contribution in [0.15, 0.2) is 24.3 Å². The van der Waals surface area contributed by atoms with E-state index in [1.54, 1.807) is 0 Å². The molecule has 1 unspecified atom stereocenters. The molecule has 40 heavy (non-hydrogen) atoms. The monoisotopic (exact) mass is 608 g/mol. The minimum atomic E-state index is -2.04. The second-order valence-corrected chi connectivity index (χ2v) is 30.6. The summed E-state index contributed by atoms with van der Waals surface area (Å²) in [6.07, 6.45) is 3.43. The van der Waals surface area contributed by atoms with Crippen LogP contribution in [-0.2, 0) is 20.1 Å². The molecule has 232 valence electrons. The van der Waals surface area contributed by atoms with Gasteiger partial charge in [-0.3, -0.25) is 4.79 Å². The van der Waals surface area contributed by atoms with E-state index in [1.807, 2.05) is 0 Å². The highest BCUT2D eigenvalue weighted by Crippen LogP contribution is 2.41. The molecule has 0 amide bonds. The largest absolute Gasteiger partial charge is 0.544 e. The molecule has 0 aliphatic heterocycles. The lowest BCUT2D eigenvalue weighted by Gasteiger charge is -2.42. The Morgan fingerprint density at radius 1 is 0.700 bits per heavy atom. The molecular weight excluding hydrogens is 545 g/mol. The van der Waals surface area contributed by atoms with Crippen LogP contribution in [0.5, 0.6) is 5.75 Å². The molecular formula is C33H64O4Si3. The van der Waals surface area contributed by atoms with Gasteiger partial charge in [-0.1, -0.05) is 81.4 Å². The van der Waals surface area contributed by atoms with E-state index in [-0.39, 0.29) is 33.1 Å². The highest BCUT2D eigenvalue weighted by atomic mass is 28.4. The van der Waals surface area contributed by atoms with Crippen molar-refractivity contribution in [2.24, 2.45) is 0 Å². The Hall–Kier alpha value is -0.739. The van der Waals surface area contributed by atoms with Crippen molar-refractivity contribution in [2.75, 3.05) is 0 Å². The summed E-state index contributed by atoms with van der Waals surface area (Å²) in [5.74, 6) is 1.20. The molecule has 0 aliphatic carbocycles. The number of aryl methyl sites for hydroxylation is 1.